The summed E-state index contributed by atoms with van der Waals surface area (Å²) in [7, 11) is 0. The fourth-order valence-corrected chi connectivity index (χ4v) is 2.11. The fraction of sp³-hybridized carbons (Fsp3) is 0. The molecule has 1 aromatic carbocycles. The number of rotatable bonds is 2. The number of hydrogen-bond donors (Lipinski definition) is 1. The van der Waals surface area contributed by atoms with Gasteiger partial charge in [0.05, 0.1) is 11.7 Å². The third kappa shape index (κ3) is 1.55. The summed E-state index contributed by atoms with van der Waals surface area (Å²) in [4.78, 5) is 15.6. The van der Waals surface area contributed by atoms with Gasteiger partial charge in [0.1, 0.15) is 0 Å². The summed E-state index contributed by atoms with van der Waals surface area (Å²) < 4.78 is 1.96. The smallest absolute Gasteiger partial charge is 0.249 e. The lowest BCUT2D eigenvalue weighted by Crippen LogP contribution is -2.12. The van der Waals surface area contributed by atoms with Crippen molar-refractivity contribution in [2.75, 3.05) is 0 Å². The first-order valence-corrected chi connectivity index (χ1v) is 5.57. The molecular formula is C14H11N3O. The van der Waals surface area contributed by atoms with E-state index in [2.05, 4.69) is 4.98 Å². The van der Waals surface area contributed by atoms with Crippen LogP contribution in [0.3, 0.4) is 0 Å². The second-order valence-electron chi connectivity index (χ2n) is 4.01. The molecule has 2 aromatic heterocycles. The molecule has 4 nitrogen and oxygen atoms in total. The average Bonchev–Trinajstić information content (AvgIpc) is 2.82. The second-order valence-corrected chi connectivity index (χ2v) is 4.01. The molecule has 4 heteroatoms. The molecule has 0 atom stereocenters. The quantitative estimate of drug-likeness (QED) is 0.742. The number of primary amides is 1. The Labute approximate surface area is 104 Å². The minimum Gasteiger partial charge on any atom is -0.366 e. The SMILES string of the molecule is NC(=O)c1ccccc1-c1ccn2ccncc12. The molecule has 0 radical (unpaired) electrons. The zero-order valence-corrected chi connectivity index (χ0v) is 9.58. The Morgan fingerprint density at radius 1 is 1.11 bits per heavy atom. The summed E-state index contributed by atoms with van der Waals surface area (Å²) in [6, 6.07) is 9.28. The zero-order chi connectivity index (χ0) is 12.5. The van der Waals surface area contributed by atoms with Crippen LogP contribution in [-0.4, -0.2) is 15.3 Å². The van der Waals surface area contributed by atoms with Crippen LogP contribution >= 0.6 is 0 Å². The Bertz CT molecular complexity index is 730. The zero-order valence-electron chi connectivity index (χ0n) is 9.58. The van der Waals surface area contributed by atoms with Gasteiger partial charge in [0.25, 0.3) is 0 Å². The minimum atomic E-state index is -0.422. The first-order valence-electron chi connectivity index (χ1n) is 5.57. The molecule has 2 N–H and O–H groups in total. The van der Waals surface area contributed by atoms with Crippen LogP contribution < -0.4 is 5.73 Å². The van der Waals surface area contributed by atoms with E-state index in [1.165, 1.54) is 0 Å². The molecule has 18 heavy (non-hydrogen) atoms. The molecule has 2 heterocycles. The van der Waals surface area contributed by atoms with Crippen molar-refractivity contribution in [1.29, 1.82) is 0 Å². The molecule has 3 aromatic rings. The van der Waals surface area contributed by atoms with E-state index in [1.54, 1.807) is 24.5 Å². The van der Waals surface area contributed by atoms with Gasteiger partial charge >= 0.3 is 0 Å². The Morgan fingerprint density at radius 2 is 1.94 bits per heavy atom. The predicted molar refractivity (Wildman–Crippen MR) is 69.1 cm³/mol. The summed E-state index contributed by atoms with van der Waals surface area (Å²) in [6.45, 7) is 0. The maximum atomic E-state index is 11.5. The summed E-state index contributed by atoms with van der Waals surface area (Å²) >= 11 is 0. The molecule has 0 bridgehead atoms. The Hall–Kier alpha value is -2.62. The van der Waals surface area contributed by atoms with Gasteiger partial charge in [-0.05, 0) is 17.7 Å². The highest BCUT2D eigenvalue weighted by atomic mass is 16.1. The number of aromatic nitrogens is 2. The number of nitrogens with two attached hydrogens (primary N) is 1. The molecule has 3 rings (SSSR count). The van der Waals surface area contributed by atoms with Crippen LogP contribution in [-0.2, 0) is 0 Å². The van der Waals surface area contributed by atoms with Crippen LogP contribution in [0.2, 0.25) is 0 Å². The van der Waals surface area contributed by atoms with Crippen LogP contribution in [0, 0.1) is 0 Å². The van der Waals surface area contributed by atoms with Crippen molar-refractivity contribution < 1.29 is 4.79 Å². The largest absolute Gasteiger partial charge is 0.366 e. The van der Waals surface area contributed by atoms with Crippen LogP contribution in [0.25, 0.3) is 16.6 Å². The average molecular weight is 237 g/mol. The molecule has 0 saturated carbocycles. The lowest BCUT2D eigenvalue weighted by molar-refractivity contribution is 0.100. The third-order valence-corrected chi connectivity index (χ3v) is 2.95. The monoisotopic (exact) mass is 237 g/mol. The fourth-order valence-electron chi connectivity index (χ4n) is 2.11. The standard InChI is InChI=1S/C14H11N3O/c15-14(18)12-4-2-1-3-10(12)11-5-7-17-8-6-16-9-13(11)17/h1-9H,(H2,15,18). The van der Waals surface area contributed by atoms with Crippen molar-refractivity contribution in [3.8, 4) is 11.1 Å². The molecule has 0 fully saturated rings. The predicted octanol–water partition coefficient (Wildman–Crippen LogP) is 2.10. The second kappa shape index (κ2) is 4.00. The molecule has 0 saturated heterocycles. The maximum absolute atomic E-state index is 11.5. The van der Waals surface area contributed by atoms with E-state index in [1.807, 2.05) is 35.0 Å². The van der Waals surface area contributed by atoms with E-state index >= 15 is 0 Å². The topological polar surface area (TPSA) is 60.4 Å². The molecule has 0 aliphatic heterocycles. The van der Waals surface area contributed by atoms with Crippen molar-refractivity contribution in [2.45, 2.75) is 0 Å². The molecular weight excluding hydrogens is 226 g/mol. The van der Waals surface area contributed by atoms with Gasteiger partial charge in [-0.1, -0.05) is 18.2 Å². The van der Waals surface area contributed by atoms with Crippen LogP contribution in [0.15, 0.2) is 55.1 Å². The van der Waals surface area contributed by atoms with Crippen molar-refractivity contribution in [3.63, 3.8) is 0 Å². The van der Waals surface area contributed by atoms with Crippen molar-refractivity contribution in [2.24, 2.45) is 5.73 Å². The van der Waals surface area contributed by atoms with Gasteiger partial charge in [-0.2, -0.15) is 0 Å². The van der Waals surface area contributed by atoms with Gasteiger partial charge in [0.15, 0.2) is 0 Å². The van der Waals surface area contributed by atoms with Crippen molar-refractivity contribution >= 4 is 11.4 Å². The Morgan fingerprint density at radius 3 is 2.78 bits per heavy atom. The summed E-state index contributed by atoms with van der Waals surface area (Å²) in [5.74, 6) is -0.422. The first kappa shape index (κ1) is 10.5. The van der Waals surface area contributed by atoms with Crippen LogP contribution in [0.1, 0.15) is 10.4 Å². The number of fused-ring (bicyclic) bond motifs is 1. The molecule has 1 amide bonds. The first-order chi connectivity index (χ1) is 8.77. The molecule has 0 unspecified atom stereocenters. The summed E-state index contributed by atoms with van der Waals surface area (Å²) in [6.07, 6.45) is 7.29. The highest BCUT2D eigenvalue weighted by molar-refractivity contribution is 6.01. The van der Waals surface area contributed by atoms with E-state index in [-0.39, 0.29) is 0 Å². The van der Waals surface area contributed by atoms with Gasteiger partial charge in [-0.3, -0.25) is 9.78 Å². The molecule has 0 spiro atoms. The molecule has 0 aliphatic carbocycles. The minimum absolute atomic E-state index is 0.422. The number of nitrogens with zero attached hydrogens (tertiary/aromatic N) is 2. The molecule has 88 valence electrons. The van der Waals surface area contributed by atoms with Crippen LogP contribution in [0.5, 0.6) is 0 Å². The van der Waals surface area contributed by atoms with Crippen LogP contribution in [0.4, 0.5) is 0 Å². The number of amides is 1. The van der Waals surface area contributed by atoms with E-state index in [0.29, 0.717) is 5.56 Å². The van der Waals surface area contributed by atoms with E-state index < -0.39 is 5.91 Å². The van der Waals surface area contributed by atoms with Gasteiger partial charge < -0.3 is 10.1 Å². The lowest BCUT2D eigenvalue weighted by Gasteiger charge is -2.05. The highest BCUT2D eigenvalue weighted by Gasteiger charge is 2.12. The van der Waals surface area contributed by atoms with Gasteiger partial charge in [-0.25, -0.2) is 0 Å². The number of carbonyl (C=O) groups is 1. The Balaban J connectivity index is 2.30. The highest BCUT2D eigenvalue weighted by Crippen LogP contribution is 2.28. The summed E-state index contributed by atoms with van der Waals surface area (Å²) in [5.41, 5.74) is 8.67. The van der Waals surface area contributed by atoms with Gasteiger partial charge in [0, 0.05) is 29.7 Å². The number of hydrogen-bond acceptors (Lipinski definition) is 2. The Kier molecular flexibility index (Phi) is 2.34. The summed E-state index contributed by atoms with van der Waals surface area (Å²) in [5, 5.41) is 0. The van der Waals surface area contributed by atoms with Crippen molar-refractivity contribution in [1.82, 2.24) is 9.38 Å². The van der Waals surface area contributed by atoms with Gasteiger partial charge in [-0.15, -0.1) is 0 Å². The maximum Gasteiger partial charge on any atom is 0.249 e. The van der Waals surface area contributed by atoms with E-state index in [0.717, 1.165) is 16.6 Å². The third-order valence-electron chi connectivity index (χ3n) is 2.95. The molecule has 0 aliphatic rings. The normalized spacial score (nSPS) is 10.7. The van der Waals surface area contributed by atoms with E-state index in [4.69, 9.17) is 5.73 Å². The van der Waals surface area contributed by atoms with Crippen molar-refractivity contribution in [3.05, 3.63) is 60.7 Å². The number of benzene rings is 1. The number of carbonyl (C=O) groups excluding carboxylic acids is 1. The lowest BCUT2D eigenvalue weighted by atomic mass is 10.0. The van der Waals surface area contributed by atoms with Gasteiger partial charge in [0.2, 0.25) is 5.91 Å². The van der Waals surface area contributed by atoms with E-state index in [9.17, 15) is 4.79 Å².